The monoisotopic (exact) mass is 323 g/mol. The third kappa shape index (κ3) is 1.59. The highest BCUT2D eigenvalue weighted by Crippen LogP contribution is 2.65. The highest BCUT2D eigenvalue weighted by Gasteiger charge is 2.77. The molecule has 1 aliphatic heterocycles. The molecular formula is C19H17NO2S. The van der Waals surface area contributed by atoms with Gasteiger partial charge in [0.1, 0.15) is 4.75 Å². The van der Waals surface area contributed by atoms with E-state index in [4.69, 9.17) is 0 Å². The van der Waals surface area contributed by atoms with Crippen LogP contribution >= 0.6 is 0 Å². The molecule has 0 radical (unpaired) electrons. The van der Waals surface area contributed by atoms with Crippen LogP contribution in [0.1, 0.15) is 12.0 Å². The normalized spacial score (nSPS) is 31.8. The summed E-state index contributed by atoms with van der Waals surface area (Å²) in [6.07, 6.45) is 2.34. The topological polar surface area (TPSA) is 37.4 Å². The van der Waals surface area contributed by atoms with Crippen molar-refractivity contribution in [2.45, 2.75) is 21.5 Å². The van der Waals surface area contributed by atoms with E-state index < -0.39 is 21.0 Å². The molecule has 0 bridgehead atoms. The molecule has 23 heavy (non-hydrogen) atoms. The molecule has 3 nitrogen and oxygen atoms in total. The molecule has 2 aliphatic rings. The van der Waals surface area contributed by atoms with Gasteiger partial charge in [-0.05, 0) is 24.1 Å². The van der Waals surface area contributed by atoms with Crippen molar-refractivity contribution in [3.05, 3.63) is 72.8 Å². The van der Waals surface area contributed by atoms with Crippen molar-refractivity contribution in [3.63, 3.8) is 0 Å². The van der Waals surface area contributed by atoms with Crippen LogP contribution in [0.4, 0.5) is 5.69 Å². The first kappa shape index (κ1) is 14.4. The summed E-state index contributed by atoms with van der Waals surface area (Å²) in [5, 5.41) is 0. The van der Waals surface area contributed by atoms with Gasteiger partial charge in [-0.25, -0.2) is 0 Å². The van der Waals surface area contributed by atoms with Crippen molar-refractivity contribution in [1.29, 1.82) is 0 Å². The number of hydrogen-bond acceptors (Lipinski definition) is 2. The van der Waals surface area contributed by atoms with E-state index in [2.05, 4.69) is 6.58 Å². The zero-order valence-electron chi connectivity index (χ0n) is 12.9. The second-order valence-electron chi connectivity index (χ2n) is 6.15. The number of hydrogen-bond donors (Lipinski definition) is 0. The summed E-state index contributed by atoms with van der Waals surface area (Å²) in [5.74, 6) is -0.0849. The van der Waals surface area contributed by atoms with E-state index in [9.17, 15) is 9.00 Å². The molecule has 1 aliphatic carbocycles. The van der Waals surface area contributed by atoms with Crippen molar-refractivity contribution in [1.82, 2.24) is 0 Å². The van der Waals surface area contributed by atoms with Crippen molar-refractivity contribution in [3.8, 4) is 0 Å². The summed E-state index contributed by atoms with van der Waals surface area (Å²) >= 11 is 0. The maximum Gasteiger partial charge on any atom is 0.247 e. The Morgan fingerprint density at radius 3 is 2.48 bits per heavy atom. The fraction of sp³-hybridized carbons (Fsp3) is 0.211. The maximum atomic E-state index is 13.3. The molecule has 4 rings (SSSR count). The number of carbonyl (C=O) groups is 1. The average molecular weight is 323 g/mol. The van der Waals surface area contributed by atoms with Crippen LogP contribution in [0.3, 0.4) is 0 Å². The zero-order valence-corrected chi connectivity index (χ0v) is 13.7. The summed E-state index contributed by atoms with van der Waals surface area (Å²) in [5.41, 5.74) is 1.18. The number of benzene rings is 2. The minimum Gasteiger partial charge on any atom is -0.313 e. The molecule has 3 atom stereocenters. The van der Waals surface area contributed by atoms with Crippen LogP contribution in [-0.2, 0) is 21.0 Å². The van der Waals surface area contributed by atoms with E-state index in [1.165, 1.54) is 0 Å². The van der Waals surface area contributed by atoms with Gasteiger partial charge in [-0.3, -0.25) is 9.00 Å². The number of allylic oxidation sites excluding steroid dienone is 1. The van der Waals surface area contributed by atoms with E-state index in [-0.39, 0.29) is 5.91 Å². The second kappa shape index (κ2) is 4.65. The zero-order chi connectivity index (χ0) is 16.2. The Hall–Kier alpha value is -2.20. The molecule has 2 aromatic rings. The molecule has 1 amide bonds. The summed E-state index contributed by atoms with van der Waals surface area (Å²) < 4.78 is 12.4. The molecule has 0 saturated heterocycles. The average Bonchev–Trinajstić information content (AvgIpc) is 3.31. The van der Waals surface area contributed by atoms with Crippen molar-refractivity contribution >= 4 is 22.4 Å². The van der Waals surface area contributed by atoms with E-state index in [0.29, 0.717) is 6.42 Å². The maximum absolute atomic E-state index is 13.3. The molecule has 1 spiro atoms. The predicted octanol–water partition coefficient (Wildman–Crippen LogP) is 3.04. The lowest BCUT2D eigenvalue weighted by atomic mass is 9.92. The Labute approximate surface area is 138 Å². The van der Waals surface area contributed by atoms with Crippen molar-refractivity contribution in [2.75, 3.05) is 11.9 Å². The molecule has 4 heteroatoms. The summed E-state index contributed by atoms with van der Waals surface area (Å²) in [7, 11) is 0.363. The van der Waals surface area contributed by atoms with Crippen molar-refractivity contribution < 1.29 is 9.00 Å². The number of fused-ring (bicyclic) bond motifs is 1. The van der Waals surface area contributed by atoms with Crippen molar-refractivity contribution in [2.24, 2.45) is 0 Å². The molecule has 2 aromatic carbocycles. The minimum absolute atomic E-state index is 0.0849. The van der Waals surface area contributed by atoms with Crippen LogP contribution in [-0.4, -0.2) is 21.9 Å². The largest absolute Gasteiger partial charge is 0.313 e. The van der Waals surface area contributed by atoms with Crippen LogP contribution in [0.25, 0.3) is 0 Å². The molecule has 1 saturated carbocycles. The highest BCUT2D eigenvalue weighted by atomic mass is 32.2. The van der Waals surface area contributed by atoms with Gasteiger partial charge >= 0.3 is 0 Å². The number of carbonyl (C=O) groups excluding carboxylic acids is 1. The quantitative estimate of drug-likeness (QED) is 0.797. The fourth-order valence-corrected chi connectivity index (χ4v) is 5.97. The van der Waals surface area contributed by atoms with Gasteiger partial charge in [-0.15, -0.1) is 6.58 Å². The first-order valence-corrected chi connectivity index (χ1v) is 8.72. The van der Waals surface area contributed by atoms with Gasteiger partial charge in [0.15, 0.2) is 0 Å². The molecule has 116 valence electrons. The second-order valence-corrected chi connectivity index (χ2v) is 7.82. The molecule has 1 fully saturated rings. The van der Waals surface area contributed by atoms with Crippen LogP contribution in [0, 0.1) is 0 Å². The first-order valence-electron chi connectivity index (χ1n) is 7.57. The molecule has 0 N–H and O–H groups in total. The Morgan fingerprint density at radius 1 is 1.13 bits per heavy atom. The first-order chi connectivity index (χ1) is 11.1. The fourth-order valence-electron chi connectivity index (χ4n) is 3.81. The van der Waals surface area contributed by atoms with E-state index in [1.807, 2.05) is 54.6 Å². The third-order valence-electron chi connectivity index (χ3n) is 5.15. The van der Waals surface area contributed by atoms with Crippen LogP contribution in [0.15, 0.2) is 72.1 Å². The number of amides is 1. The standard InChI is InChI=1S/C19H17NO2S/c1-3-18(14-9-5-4-6-10-14)13-19(18)17(21)20(2)15-11-7-8-12-16(15)23(19)22/h3-12H,1,13H2,2H3/t18-,19-,23+/m1/s1. The Kier molecular flexibility index (Phi) is 2.91. The Bertz CT molecular complexity index is 847. The highest BCUT2D eigenvalue weighted by molar-refractivity contribution is 7.88. The van der Waals surface area contributed by atoms with Crippen LogP contribution < -0.4 is 4.90 Å². The minimum atomic E-state index is -1.40. The van der Waals surface area contributed by atoms with Gasteiger partial charge in [-0.2, -0.15) is 0 Å². The number of nitrogens with zero attached hydrogens (tertiary/aromatic N) is 1. The Balaban J connectivity index is 1.92. The summed E-state index contributed by atoms with van der Waals surface area (Å²) in [6.45, 7) is 3.97. The predicted molar refractivity (Wildman–Crippen MR) is 91.9 cm³/mol. The summed E-state index contributed by atoms with van der Waals surface area (Å²) in [6, 6.07) is 17.2. The van der Waals surface area contributed by atoms with Gasteiger partial charge < -0.3 is 4.90 Å². The van der Waals surface area contributed by atoms with E-state index >= 15 is 0 Å². The van der Waals surface area contributed by atoms with Gasteiger partial charge in [-0.1, -0.05) is 48.5 Å². The lowest BCUT2D eigenvalue weighted by Crippen LogP contribution is -2.49. The molecular weight excluding hydrogens is 306 g/mol. The lowest BCUT2D eigenvalue weighted by molar-refractivity contribution is -0.119. The van der Waals surface area contributed by atoms with Gasteiger partial charge in [0.05, 0.1) is 21.4 Å². The third-order valence-corrected chi connectivity index (χ3v) is 7.21. The van der Waals surface area contributed by atoms with Gasteiger partial charge in [0.25, 0.3) is 0 Å². The van der Waals surface area contributed by atoms with Crippen LogP contribution in [0.5, 0.6) is 0 Å². The summed E-state index contributed by atoms with van der Waals surface area (Å²) in [4.78, 5) is 15.5. The SMILES string of the molecule is C=C[C@]1(c2ccccc2)C[C@@]12C(=O)N(C)c1ccccc1[S@@]2=O. The van der Waals surface area contributed by atoms with E-state index in [0.717, 1.165) is 16.1 Å². The number of anilines is 1. The Morgan fingerprint density at radius 2 is 1.78 bits per heavy atom. The van der Waals surface area contributed by atoms with Gasteiger partial charge in [0.2, 0.25) is 5.91 Å². The molecule has 0 aromatic heterocycles. The van der Waals surface area contributed by atoms with Crippen LogP contribution in [0.2, 0.25) is 0 Å². The smallest absolute Gasteiger partial charge is 0.247 e. The van der Waals surface area contributed by atoms with E-state index in [1.54, 1.807) is 18.0 Å². The number of rotatable bonds is 2. The lowest BCUT2D eigenvalue weighted by Gasteiger charge is -2.34. The number of para-hydroxylation sites is 1. The van der Waals surface area contributed by atoms with Gasteiger partial charge in [0, 0.05) is 12.5 Å². The molecule has 1 heterocycles. The molecule has 0 unspecified atom stereocenters.